The topological polar surface area (TPSA) is 55.8 Å². The highest BCUT2D eigenvalue weighted by atomic mass is 16.5. The third kappa shape index (κ3) is 2.41. The van der Waals surface area contributed by atoms with Gasteiger partial charge in [0.1, 0.15) is 23.8 Å². The largest absolute Gasteiger partial charge is 0.497 e. The predicted octanol–water partition coefficient (Wildman–Crippen LogP) is 2.06. The summed E-state index contributed by atoms with van der Waals surface area (Å²) in [6.07, 6.45) is -0.0406. The van der Waals surface area contributed by atoms with Gasteiger partial charge in [-0.3, -0.25) is 9.69 Å². The van der Waals surface area contributed by atoms with E-state index < -0.39 is 12.1 Å². The monoisotopic (exact) mass is 297 g/mol. The van der Waals surface area contributed by atoms with E-state index in [0.717, 1.165) is 6.29 Å². The zero-order valence-electron chi connectivity index (χ0n) is 12.0. The van der Waals surface area contributed by atoms with E-state index in [1.54, 1.807) is 43.5 Å². The van der Waals surface area contributed by atoms with Crippen molar-refractivity contribution in [3.05, 3.63) is 54.6 Å². The third-order valence-corrected chi connectivity index (χ3v) is 3.59. The second-order valence-corrected chi connectivity index (χ2v) is 4.88. The van der Waals surface area contributed by atoms with Crippen LogP contribution in [0.1, 0.15) is 0 Å². The van der Waals surface area contributed by atoms with Crippen molar-refractivity contribution >= 4 is 17.9 Å². The molecule has 0 saturated carbocycles. The Morgan fingerprint density at radius 1 is 1.00 bits per heavy atom. The van der Waals surface area contributed by atoms with E-state index in [1.807, 2.05) is 18.2 Å². The second kappa shape index (κ2) is 5.89. The summed E-state index contributed by atoms with van der Waals surface area (Å²) in [5.41, 5.74) is 0.649. The molecule has 3 rings (SSSR count). The molecule has 1 heterocycles. The van der Waals surface area contributed by atoms with E-state index >= 15 is 0 Å². The van der Waals surface area contributed by atoms with Crippen LogP contribution in [0, 0.1) is 0 Å². The molecule has 2 aromatic rings. The van der Waals surface area contributed by atoms with Gasteiger partial charge in [-0.25, -0.2) is 0 Å². The summed E-state index contributed by atoms with van der Waals surface area (Å²) in [6, 6.07) is 15.3. The molecule has 1 aliphatic rings. The van der Waals surface area contributed by atoms with Crippen molar-refractivity contribution in [1.29, 1.82) is 0 Å². The Kier molecular flexibility index (Phi) is 3.78. The lowest BCUT2D eigenvalue weighted by molar-refractivity contribution is -0.138. The van der Waals surface area contributed by atoms with Crippen molar-refractivity contribution in [3.63, 3.8) is 0 Å². The summed E-state index contributed by atoms with van der Waals surface area (Å²) >= 11 is 0. The Bertz CT molecular complexity index is 669. The van der Waals surface area contributed by atoms with E-state index in [1.165, 1.54) is 4.90 Å². The lowest BCUT2D eigenvalue weighted by atomic mass is 9.97. The van der Waals surface area contributed by atoms with Crippen LogP contribution in [-0.2, 0) is 9.59 Å². The smallest absolute Gasteiger partial charge is 0.271 e. The van der Waals surface area contributed by atoms with E-state index in [4.69, 9.17) is 9.47 Å². The first-order valence-electron chi connectivity index (χ1n) is 6.88. The lowest BCUT2D eigenvalue weighted by Crippen LogP contribution is -2.68. The quantitative estimate of drug-likeness (QED) is 0.626. The molecule has 1 aliphatic heterocycles. The number of nitrogens with zero attached hydrogens (tertiary/aromatic N) is 1. The lowest BCUT2D eigenvalue weighted by Gasteiger charge is -2.43. The van der Waals surface area contributed by atoms with Crippen molar-refractivity contribution in [1.82, 2.24) is 0 Å². The van der Waals surface area contributed by atoms with Gasteiger partial charge in [-0.2, -0.15) is 0 Å². The Hall–Kier alpha value is -2.82. The van der Waals surface area contributed by atoms with Crippen LogP contribution in [-0.4, -0.2) is 31.4 Å². The Balaban J connectivity index is 1.77. The zero-order chi connectivity index (χ0) is 15.5. The number of methoxy groups -OCH3 is 1. The molecule has 1 saturated heterocycles. The molecular formula is C17H15NO4. The Labute approximate surface area is 128 Å². The molecule has 5 heteroatoms. The number of rotatable bonds is 5. The van der Waals surface area contributed by atoms with Gasteiger partial charge in [0, 0.05) is 5.69 Å². The molecule has 0 aliphatic carbocycles. The van der Waals surface area contributed by atoms with Gasteiger partial charge in [0.05, 0.1) is 7.11 Å². The molecule has 112 valence electrons. The first kappa shape index (κ1) is 14.1. The summed E-state index contributed by atoms with van der Waals surface area (Å²) in [6.45, 7) is 0. The Morgan fingerprint density at radius 3 is 2.27 bits per heavy atom. The fourth-order valence-electron chi connectivity index (χ4n) is 2.42. The van der Waals surface area contributed by atoms with Crippen LogP contribution in [0.25, 0.3) is 0 Å². The first-order valence-corrected chi connectivity index (χ1v) is 6.88. The molecule has 0 radical (unpaired) electrons. The van der Waals surface area contributed by atoms with Gasteiger partial charge in [0.25, 0.3) is 5.91 Å². The van der Waals surface area contributed by atoms with Crippen LogP contribution in [0.3, 0.4) is 0 Å². The predicted molar refractivity (Wildman–Crippen MR) is 81.2 cm³/mol. The van der Waals surface area contributed by atoms with Gasteiger partial charge in [-0.1, -0.05) is 18.2 Å². The number of aldehydes is 1. The van der Waals surface area contributed by atoms with Gasteiger partial charge < -0.3 is 14.3 Å². The molecule has 22 heavy (non-hydrogen) atoms. The molecule has 0 unspecified atom stereocenters. The summed E-state index contributed by atoms with van der Waals surface area (Å²) in [5, 5.41) is 0. The number of amides is 1. The Morgan fingerprint density at radius 2 is 1.68 bits per heavy atom. The van der Waals surface area contributed by atoms with Crippen LogP contribution >= 0.6 is 0 Å². The highest BCUT2D eigenvalue weighted by Crippen LogP contribution is 2.31. The van der Waals surface area contributed by atoms with Gasteiger partial charge >= 0.3 is 0 Å². The third-order valence-electron chi connectivity index (χ3n) is 3.59. The highest BCUT2D eigenvalue weighted by molar-refractivity contribution is 6.10. The van der Waals surface area contributed by atoms with Crippen LogP contribution in [0.15, 0.2) is 54.6 Å². The van der Waals surface area contributed by atoms with Crippen molar-refractivity contribution in [2.75, 3.05) is 12.0 Å². The molecule has 0 N–H and O–H groups in total. The van der Waals surface area contributed by atoms with Crippen LogP contribution in [0.5, 0.6) is 11.5 Å². The number of carbonyl (C=O) groups excluding carboxylic acids is 2. The SMILES string of the molecule is COc1ccc(N2C(=O)[C@@H](Oc3ccccc3)[C@@H]2C=O)cc1. The van der Waals surface area contributed by atoms with Crippen molar-refractivity contribution in [2.45, 2.75) is 12.1 Å². The zero-order valence-corrected chi connectivity index (χ0v) is 12.0. The second-order valence-electron chi connectivity index (χ2n) is 4.88. The number of para-hydroxylation sites is 1. The normalized spacial score (nSPS) is 20.2. The minimum Gasteiger partial charge on any atom is -0.497 e. The van der Waals surface area contributed by atoms with Crippen molar-refractivity contribution in [2.24, 2.45) is 0 Å². The van der Waals surface area contributed by atoms with Gasteiger partial charge in [0.15, 0.2) is 0 Å². The summed E-state index contributed by atoms with van der Waals surface area (Å²) in [4.78, 5) is 25.1. The van der Waals surface area contributed by atoms with Crippen LogP contribution in [0.4, 0.5) is 5.69 Å². The number of anilines is 1. The maximum absolute atomic E-state index is 12.3. The molecule has 0 bridgehead atoms. The molecule has 1 fully saturated rings. The fourth-order valence-corrected chi connectivity index (χ4v) is 2.42. The maximum Gasteiger partial charge on any atom is 0.271 e. The number of ether oxygens (including phenoxy) is 2. The van der Waals surface area contributed by atoms with Crippen LogP contribution < -0.4 is 14.4 Å². The molecule has 2 aromatic carbocycles. The van der Waals surface area contributed by atoms with E-state index in [9.17, 15) is 9.59 Å². The standard InChI is InChI=1S/C17H15NO4/c1-21-13-9-7-12(8-10-13)18-15(11-19)16(17(18)20)22-14-5-3-2-4-6-14/h2-11,15-16H,1H3/t15-,16-/m0/s1. The molecular weight excluding hydrogens is 282 g/mol. The van der Waals surface area contributed by atoms with Crippen LogP contribution in [0.2, 0.25) is 0 Å². The van der Waals surface area contributed by atoms with E-state index in [-0.39, 0.29) is 5.91 Å². The number of hydrogen-bond acceptors (Lipinski definition) is 4. The molecule has 0 aromatic heterocycles. The number of β-lactam (4-membered cyclic amide) rings is 1. The molecule has 2 atom stereocenters. The average molecular weight is 297 g/mol. The number of hydrogen-bond donors (Lipinski definition) is 0. The van der Waals surface area contributed by atoms with Gasteiger partial charge in [-0.15, -0.1) is 0 Å². The van der Waals surface area contributed by atoms with E-state index in [2.05, 4.69) is 0 Å². The molecule has 5 nitrogen and oxygen atoms in total. The van der Waals surface area contributed by atoms with Gasteiger partial charge in [-0.05, 0) is 36.4 Å². The minimum absolute atomic E-state index is 0.230. The van der Waals surface area contributed by atoms with Gasteiger partial charge in [0.2, 0.25) is 6.10 Å². The average Bonchev–Trinajstić information content (AvgIpc) is 2.58. The molecule has 0 spiro atoms. The van der Waals surface area contributed by atoms with Crippen molar-refractivity contribution < 1.29 is 19.1 Å². The van der Waals surface area contributed by atoms with E-state index in [0.29, 0.717) is 17.2 Å². The van der Waals surface area contributed by atoms with Crippen molar-refractivity contribution in [3.8, 4) is 11.5 Å². The molecule has 1 amide bonds. The minimum atomic E-state index is -0.776. The maximum atomic E-state index is 12.3. The summed E-state index contributed by atoms with van der Waals surface area (Å²) in [7, 11) is 1.57. The number of benzene rings is 2. The first-order chi connectivity index (χ1) is 10.7. The fraction of sp³-hybridized carbons (Fsp3) is 0.176. The summed E-state index contributed by atoms with van der Waals surface area (Å²) < 4.78 is 10.7. The number of carbonyl (C=O) groups is 2. The summed E-state index contributed by atoms with van der Waals surface area (Å²) in [5.74, 6) is 1.03. The highest BCUT2D eigenvalue weighted by Gasteiger charge is 2.50.